The number of piperidine rings is 1. The maximum Gasteiger partial charge on any atom is 0.254 e. The third-order valence-corrected chi connectivity index (χ3v) is 6.42. The van der Waals surface area contributed by atoms with E-state index in [1.807, 2.05) is 31.2 Å². The van der Waals surface area contributed by atoms with Crippen LogP contribution in [0.2, 0.25) is 0 Å². The van der Waals surface area contributed by atoms with Crippen LogP contribution in [0.5, 0.6) is 0 Å². The molecule has 2 heterocycles. The topological polar surface area (TPSA) is 32.3 Å². The van der Waals surface area contributed by atoms with Gasteiger partial charge in [0.25, 0.3) is 5.91 Å². The summed E-state index contributed by atoms with van der Waals surface area (Å²) in [6, 6.07) is 10.5. The fourth-order valence-electron chi connectivity index (χ4n) is 4.10. The summed E-state index contributed by atoms with van der Waals surface area (Å²) in [4.78, 5) is 15.5. The second kappa shape index (κ2) is 7.48. The molecule has 1 aliphatic carbocycles. The van der Waals surface area contributed by atoms with Gasteiger partial charge in [0.2, 0.25) is 0 Å². The molecule has 5 heteroatoms. The summed E-state index contributed by atoms with van der Waals surface area (Å²) in [5.41, 5.74) is 3.53. The zero-order valence-corrected chi connectivity index (χ0v) is 16.2. The first kappa shape index (κ1) is 18.4. The molecule has 1 aromatic carbocycles. The molecule has 4 rings (SSSR count). The molecular formula is C20H25ClN2OS. The SMILES string of the molecule is Cc1ccccc1C(=O)N(Cc1ccsc1)C1CC12CCNCC2.Cl. The number of aryl methyl sites for hydroxylation is 1. The summed E-state index contributed by atoms with van der Waals surface area (Å²) in [6.07, 6.45) is 3.55. The van der Waals surface area contributed by atoms with Gasteiger partial charge in [-0.2, -0.15) is 11.3 Å². The van der Waals surface area contributed by atoms with Crippen LogP contribution in [0, 0.1) is 12.3 Å². The largest absolute Gasteiger partial charge is 0.331 e. The molecule has 2 aromatic rings. The van der Waals surface area contributed by atoms with Gasteiger partial charge >= 0.3 is 0 Å². The van der Waals surface area contributed by atoms with Crippen molar-refractivity contribution >= 4 is 29.7 Å². The maximum absolute atomic E-state index is 13.3. The van der Waals surface area contributed by atoms with E-state index < -0.39 is 0 Å². The Kier molecular flexibility index (Phi) is 5.52. The average molecular weight is 377 g/mol. The number of hydrogen-bond acceptors (Lipinski definition) is 3. The first-order chi connectivity index (χ1) is 11.7. The van der Waals surface area contributed by atoms with Crippen molar-refractivity contribution in [1.29, 1.82) is 0 Å². The molecule has 1 spiro atoms. The second-order valence-corrected chi connectivity index (χ2v) is 7.99. The standard InChI is InChI=1S/C20H24N2OS.ClH/c1-15-4-2-3-5-17(15)19(23)22(13-16-6-11-24-14-16)18-12-20(18)7-9-21-10-8-20;/h2-6,11,14,18,21H,7-10,12-13H2,1H3;1H. The Hall–Kier alpha value is -1.36. The maximum atomic E-state index is 13.3. The van der Waals surface area contributed by atoms with Gasteiger partial charge in [0.1, 0.15) is 0 Å². The number of hydrogen-bond donors (Lipinski definition) is 1. The van der Waals surface area contributed by atoms with Crippen LogP contribution in [0.3, 0.4) is 0 Å². The number of benzene rings is 1. The lowest BCUT2D eigenvalue weighted by atomic mass is 9.93. The summed E-state index contributed by atoms with van der Waals surface area (Å²) in [5, 5.41) is 7.71. The Labute approximate surface area is 159 Å². The number of nitrogens with zero attached hydrogens (tertiary/aromatic N) is 1. The highest BCUT2D eigenvalue weighted by molar-refractivity contribution is 7.07. The van der Waals surface area contributed by atoms with Crippen molar-refractivity contribution in [2.24, 2.45) is 5.41 Å². The minimum Gasteiger partial charge on any atom is -0.331 e. The van der Waals surface area contributed by atoms with Crippen molar-refractivity contribution in [1.82, 2.24) is 10.2 Å². The molecule has 1 aromatic heterocycles. The van der Waals surface area contributed by atoms with Crippen LogP contribution in [0.15, 0.2) is 41.1 Å². The Bertz CT molecular complexity index is 725. The Balaban J connectivity index is 0.00000182. The summed E-state index contributed by atoms with van der Waals surface area (Å²) in [6.45, 7) is 4.93. The van der Waals surface area contributed by atoms with Crippen LogP contribution in [-0.4, -0.2) is 29.9 Å². The molecule has 1 N–H and O–H groups in total. The van der Waals surface area contributed by atoms with Gasteiger partial charge in [-0.1, -0.05) is 18.2 Å². The van der Waals surface area contributed by atoms with Crippen LogP contribution in [0.1, 0.15) is 40.7 Å². The summed E-state index contributed by atoms with van der Waals surface area (Å²) < 4.78 is 0. The van der Waals surface area contributed by atoms with Gasteiger partial charge in [0.05, 0.1) is 0 Å². The number of halogens is 1. The van der Waals surface area contributed by atoms with Crippen LogP contribution in [0.4, 0.5) is 0 Å². The van der Waals surface area contributed by atoms with Gasteiger partial charge in [-0.05, 0) is 78.7 Å². The van der Waals surface area contributed by atoms with E-state index in [1.165, 1.54) is 18.4 Å². The lowest BCUT2D eigenvalue weighted by molar-refractivity contribution is 0.0691. The van der Waals surface area contributed by atoms with Crippen LogP contribution < -0.4 is 5.32 Å². The molecule has 1 unspecified atom stereocenters. The Morgan fingerprint density at radius 1 is 1.28 bits per heavy atom. The number of nitrogens with one attached hydrogen (secondary N) is 1. The lowest BCUT2D eigenvalue weighted by Crippen LogP contribution is -2.39. The van der Waals surface area contributed by atoms with Crippen molar-refractivity contribution in [2.75, 3.05) is 13.1 Å². The third kappa shape index (κ3) is 3.62. The number of carbonyl (C=O) groups excluding carboxylic acids is 1. The molecule has 2 aliphatic rings. The molecule has 134 valence electrons. The van der Waals surface area contributed by atoms with E-state index in [4.69, 9.17) is 0 Å². The second-order valence-electron chi connectivity index (χ2n) is 7.21. The highest BCUT2D eigenvalue weighted by Crippen LogP contribution is 2.56. The van der Waals surface area contributed by atoms with Gasteiger partial charge in [0.15, 0.2) is 0 Å². The number of rotatable bonds is 4. The minimum absolute atomic E-state index is 0. The Morgan fingerprint density at radius 3 is 2.72 bits per heavy atom. The lowest BCUT2D eigenvalue weighted by Gasteiger charge is -2.30. The zero-order chi connectivity index (χ0) is 16.6. The molecule has 1 saturated carbocycles. The molecule has 1 atom stereocenters. The molecular weight excluding hydrogens is 352 g/mol. The van der Waals surface area contributed by atoms with E-state index in [0.717, 1.165) is 37.2 Å². The van der Waals surface area contributed by atoms with E-state index in [-0.39, 0.29) is 18.3 Å². The third-order valence-electron chi connectivity index (χ3n) is 5.69. The van der Waals surface area contributed by atoms with Crippen LogP contribution >= 0.6 is 23.7 Å². The summed E-state index contributed by atoms with van der Waals surface area (Å²) in [7, 11) is 0. The number of thiophene rings is 1. The molecule has 1 saturated heterocycles. The molecule has 2 fully saturated rings. The minimum atomic E-state index is 0. The zero-order valence-electron chi connectivity index (χ0n) is 14.5. The van der Waals surface area contributed by atoms with Gasteiger partial charge in [-0.15, -0.1) is 12.4 Å². The predicted molar refractivity (Wildman–Crippen MR) is 106 cm³/mol. The van der Waals surface area contributed by atoms with E-state index in [1.54, 1.807) is 11.3 Å². The highest BCUT2D eigenvalue weighted by Gasteiger charge is 2.57. The normalized spacial score (nSPS) is 20.8. The average Bonchev–Trinajstić information content (AvgIpc) is 3.04. The van der Waals surface area contributed by atoms with Gasteiger partial charge < -0.3 is 10.2 Å². The molecule has 0 bridgehead atoms. The molecule has 1 amide bonds. The van der Waals surface area contributed by atoms with E-state index in [0.29, 0.717) is 11.5 Å². The molecule has 3 nitrogen and oxygen atoms in total. The predicted octanol–water partition coefficient (Wildman–Crippen LogP) is 4.26. The quantitative estimate of drug-likeness (QED) is 0.864. The van der Waals surface area contributed by atoms with E-state index in [9.17, 15) is 4.79 Å². The van der Waals surface area contributed by atoms with Crippen molar-refractivity contribution < 1.29 is 4.79 Å². The van der Waals surface area contributed by atoms with Crippen molar-refractivity contribution in [3.8, 4) is 0 Å². The number of amides is 1. The van der Waals surface area contributed by atoms with Gasteiger partial charge in [0, 0.05) is 18.2 Å². The number of carbonyl (C=O) groups is 1. The van der Waals surface area contributed by atoms with Crippen LogP contribution in [-0.2, 0) is 6.54 Å². The van der Waals surface area contributed by atoms with Crippen LogP contribution in [0.25, 0.3) is 0 Å². The highest BCUT2D eigenvalue weighted by atomic mass is 35.5. The fourth-order valence-corrected chi connectivity index (χ4v) is 4.76. The molecule has 1 aliphatic heterocycles. The Morgan fingerprint density at radius 2 is 2.04 bits per heavy atom. The van der Waals surface area contributed by atoms with Crippen molar-refractivity contribution in [2.45, 2.75) is 38.8 Å². The molecule has 25 heavy (non-hydrogen) atoms. The first-order valence-electron chi connectivity index (χ1n) is 8.78. The van der Waals surface area contributed by atoms with E-state index >= 15 is 0 Å². The van der Waals surface area contributed by atoms with Crippen molar-refractivity contribution in [3.05, 3.63) is 57.8 Å². The van der Waals surface area contributed by atoms with Gasteiger partial charge in [-0.25, -0.2) is 0 Å². The monoisotopic (exact) mass is 376 g/mol. The van der Waals surface area contributed by atoms with Crippen molar-refractivity contribution in [3.63, 3.8) is 0 Å². The molecule has 0 radical (unpaired) electrons. The first-order valence-corrected chi connectivity index (χ1v) is 9.72. The summed E-state index contributed by atoms with van der Waals surface area (Å²) >= 11 is 1.70. The van der Waals surface area contributed by atoms with Gasteiger partial charge in [-0.3, -0.25) is 4.79 Å². The van der Waals surface area contributed by atoms with E-state index in [2.05, 4.69) is 27.0 Å². The fraction of sp³-hybridized carbons (Fsp3) is 0.450. The summed E-state index contributed by atoms with van der Waals surface area (Å²) in [5.74, 6) is 0.194. The smallest absolute Gasteiger partial charge is 0.254 e.